The van der Waals surface area contributed by atoms with E-state index in [2.05, 4.69) is 28.1 Å². The number of hydrogen-bond acceptors (Lipinski definition) is 4. The van der Waals surface area contributed by atoms with Crippen molar-refractivity contribution in [2.24, 2.45) is 4.99 Å². The van der Waals surface area contributed by atoms with E-state index in [-0.39, 0.29) is 17.4 Å². The van der Waals surface area contributed by atoms with Crippen molar-refractivity contribution in [2.75, 3.05) is 0 Å². The molecular weight excluding hydrogens is 491 g/mol. The first kappa shape index (κ1) is 19.6. The van der Waals surface area contributed by atoms with Gasteiger partial charge in [-0.15, -0.1) is 0 Å². The number of allylic oxidation sites excluding steroid dienone is 1. The largest absolute Gasteiger partial charge is 0.450 e. The van der Waals surface area contributed by atoms with E-state index in [9.17, 15) is 9.18 Å². The topological polar surface area (TPSA) is 47.5 Å². The van der Waals surface area contributed by atoms with E-state index < -0.39 is 0 Å². The molecule has 0 amide bonds. The van der Waals surface area contributed by atoms with Gasteiger partial charge in [-0.25, -0.2) is 9.38 Å². The van der Waals surface area contributed by atoms with E-state index >= 15 is 0 Å². The van der Waals surface area contributed by atoms with Gasteiger partial charge in [-0.1, -0.05) is 47.7 Å². The first-order valence-corrected chi connectivity index (χ1v) is 11.8. The number of fused-ring (bicyclic) bond motifs is 3. The Kier molecular flexibility index (Phi) is 4.62. The van der Waals surface area contributed by atoms with Crippen molar-refractivity contribution in [3.8, 4) is 0 Å². The Morgan fingerprint density at radius 2 is 1.91 bits per heavy atom. The van der Waals surface area contributed by atoms with Gasteiger partial charge < -0.3 is 4.42 Å². The molecule has 1 atom stereocenters. The minimum atomic E-state index is -0.319. The van der Waals surface area contributed by atoms with Gasteiger partial charge in [0.2, 0.25) is 0 Å². The molecule has 0 N–H and O–H groups in total. The van der Waals surface area contributed by atoms with Crippen LogP contribution in [0.15, 0.2) is 85.1 Å². The molecule has 3 heterocycles. The van der Waals surface area contributed by atoms with Crippen LogP contribution in [0.3, 0.4) is 0 Å². The molecule has 2 aromatic heterocycles. The summed E-state index contributed by atoms with van der Waals surface area (Å²) >= 11 is 4.64. The Balaban J connectivity index is 1.64. The molecule has 1 aliphatic carbocycles. The highest BCUT2D eigenvalue weighted by Gasteiger charge is 2.32. The summed E-state index contributed by atoms with van der Waals surface area (Å²) in [6, 6.07) is 18.0. The Morgan fingerprint density at radius 3 is 2.69 bits per heavy atom. The quantitative estimate of drug-likeness (QED) is 0.391. The van der Waals surface area contributed by atoms with Gasteiger partial charge in [-0.05, 0) is 69.7 Å². The molecule has 0 spiro atoms. The Morgan fingerprint density at radius 1 is 1.09 bits per heavy atom. The van der Waals surface area contributed by atoms with Crippen LogP contribution in [-0.2, 0) is 6.42 Å². The van der Waals surface area contributed by atoms with E-state index in [1.807, 2.05) is 12.1 Å². The fraction of sp³-hybridized carbons (Fsp3) is 0.120. The zero-order valence-electron chi connectivity index (χ0n) is 16.7. The summed E-state index contributed by atoms with van der Waals surface area (Å²) in [7, 11) is 0. The maximum Gasteiger partial charge on any atom is 0.271 e. The van der Waals surface area contributed by atoms with Gasteiger partial charge in [0.25, 0.3) is 5.56 Å². The summed E-state index contributed by atoms with van der Waals surface area (Å²) in [5.41, 5.74) is 5.13. The molecule has 6 rings (SSSR count). The van der Waals surface area contributed by atoms with Crippen LogP contribution in [0.4, 0.5) is 4.39 Å². The molecule has 4 nitrogen and oxygen atoms in total. The molecular formula is C25H16BrFN2O2S. The van der Waals surface area contributed by atoms with Crippen molar-refractivity contribution in [1.29, 1.82) is 0 Å². The van der Waals surface area contributed by atoms with E-state index in [0.29, 0.717) is 19.8 Å². The number of furan rings is 1. The molecule has 7 heteroatoms. The maximum atomic E-state index is 13.7. The first-order chi connectivity index (χ1) is 15.6. The van der Waals surface area contributed by atoms with Crippen LogP contribution in [0, 0.1) is 5.82 Å². The lowest BCUT2D eigenvalue weighted by atomic mass is 9.83. The fourth-order valence-corrected chi connectivity index (χ4v) is 5.80. The molecule has 2 aliphatic rings. The van der Waals surface area contributed by atoms with Crippen molar-refractivity contribution in [3.63, 3.8) is 0 Å². The summed E-state index contributed by atoms with van der Waals surface area (Å²) < 4.78 is 22.2. The third-order valence-electron chi connectivity index (χ3n) is 5.93. The molecule has 0 unspecified atom stereocenters. The Bertz CT molecular complexity index is 1580. The summed E-state index contributed by atoms with van der Waals surface area (Å²) in [4.78, 5) is 19.1. The summed E-state index contributed by atoms with van der Waals surface area (Å²) in [5.74, 6) is 0.294. The number of hydrogen-bond donors (Lipinski definition) is 0. The van der Waals surface area contributed by atoms with E-state index in [0.717, 1.165) is 35.2 Å². The van der Waals surface area contributed by atoms with Crippen LogP contribution in [0.25, 0.3) is 11.8 Å². The molecule has 0 saturated heterocycles. The van der Waals surface area contributed by atoms with Gasteiger partial charge in [0.05, 0.1) is 16.3 Å². The number of aromatic nitrogens is 1. The number of rotatable bonds is 2. The van der Waals surface area contributed by atoms with Gasteiger partial charge in [0, 0.05) is 11.6 Å². The van der Waals surface area contributed by atoms with E-state index in [1.165, 1.54) is 29.0 Å². The number of thiazole rings is 1. The molecule has 158 valence electrons. The highest BCUT2D eigenvalue weighted by Crippen LogP contribution is 2.41. The van der Waals surface area contributed by atoms with Crippen molar-refractivity contribution in [2.45, 2.75) is 18.9 Å². The SMILES string of the molecule is O=c1/c(=C\c2ccc(Br)o2)sc2n1[C@@H](c1ccc(F)cc1)C1=C(N=2)c2ccccc2CC1. The van der Waals surface area contributed by atoms with Crippen molar-refractivity contribution >= 4 is 39.0 Å². The smallest absolute Gasteiger partial charge is 0.271 e. The normalized spacial score (nSPS) is 17.6. The predicted octanol–water partition coefficient (Wildman–Crippen LogP) is 4.81. The maximum absolute atomic E-state index is 13.7. The molecule has 0 fully saturated rings. The van der Waals surface area contributed by atoms with Crippen LogP contribution >= 0.6 is 27.3 Å². The molecule has 4 aromatic rings. The van der Waals surface area contributed by atoms with Crippen molar-refractivity contribution in [1.82, 2.24) is 4.57 Å². The second-order valence-electron chi connectivity index (χ2n) is 7.81. The minimum Gasteiger partial charge on any atom is -0.450 e. The van der Waals surface area contributed by atoms with Gasteiger partial charge in [0.1, 0.15) is 11.6 Å². The van der Waals surface area contributed by atoms with Crippen LogP contribution in [0.2, 0.25) is 0 Å². The molecule has 2 aromatic carbocycles. The third kappa shape index (κ3) is 3.15. The first-order valence-electron chi connectivity index (χ1n) is 10.2. The van der Waals surface area contributed by atoms with Crippen LogP contribution in [0.5, 0.6) is 0 Å². The number of halogens is 2. The van der Waals surface area contributed by atoms with Crippen LogP contribution in [-0.4, -0.2) is 4.57 Å². The second-order valence-corrected chi connectivity index (χ2v) is 9.60. The molecule has 0 saturated carbocycles. The molecule has 0 bridgehead atoms. The highest BCUT2D eigenvalue weighted by molar-refractivity contribution is 9.10. The number of nitrogens with zero attached hydrogens (tertiary/aromatic N) is 2. The average Bonchev–Trinajstić information content (AvgIpc) is 3.35. The monoisotopic (exact) mass is 506 g/mol. The number of aryl methyl sites for hydroxylation is 1. The third-order valence-corrected chi connectivity index (χ3v) is 7.34. The lowest BCUT2D eigenvalue weighted by Gasteiger charge is -2.30. The predicted molar refractivity (Wildman–Crippen MR) is 126 cm³/mol. The zero-order valence-corrected chi connectivity index (χ0v) is 19.1. The van der Waals surface area contributed by atoms with Crippen LogP contribution in [0.1, 0.15) is 34.9 Å². The zero-order chi connectivity index (χ0) is 21.8. The minimum absolute atomic E-state index is 0.124. The summed E-state index contributed by atoms with van der Waals surface area (Å²) in [6.07, 6.45) is 3.42. The average molecular weight is 507 g/mol. The standard InChI is InChI=1S/C25H16BrFN2O2S/c26-21-12-10-17(31-21)13-20-24(30)29-23(15-5-8-16(27)9-6-15)19-11-7-14-3-1-2-4-18(14)22(19)28-25(29)32-20/h1-6,8-10,12-13,23H,7,11H2/b20-13+/t23-/m0/s1. The second kappa shape index (κ2) is 7.53. The van der Waals surface area contributed by atoms with Gasteiger partial charge in [0.15, 0.2) is 9.47 Å². The summed E-state index contributed by atoms with van der Waals surface area (Å²) in [6.45, 7) is 0. The Labute approximate surface area is 194 Å². The van der Waals surface area contributed by atoms with Gasteiger partial charge in [-0.3, -0.25) is 9.36 Å². The van der Waals surface area contributed by atoms with Crippen molar-refractivity contribution in [3.05, 3.63) is 119 Å². The molecule has 1 aliphatic heterocycles. The molecule has 32 heavy (non-hydrogen) atoms. The molecule has 0 radical (unpaired) electrons. The lowest BCUT2D eigenvalue weighted by molar-refractivity contribution is 0.531. The van der Waals surface area contributed by atoms with Gasteiger partial charge >= 0.3 is 0 Å². The van der Waals surface area contributed by atoms with Crippen molar-refractivity contribution < 1.29 is 8.81 Å². The van der Waals surface area contributed by atoms with E-state index in [1.54, 1.807) is 34.9 Å². The fourth-order valence-electron chi connectivity index (χ4n) is 4.50. The lowest BCUT2D eigenvalue weighted by Crippen LogP contribution is -2.38. The number of benzene rings is 2. The Hall–Kier alpha value is -3.03. The van der Waals surface area contributed by atoms with Crippen LogP contribution < -0.4 is 14.9 Å². The van der Waals surface area contributed by atoms with Gasteiger partial charge in [-0.2, -0.15) is 0 Å². The van der Waals surface area contributed by atoms with E-state index in [4.69, 9.17) is 9.41 Å². The highest BCUT2D eigenvalue weighted by atomic mass is 79.9. The summed E-state index contributed by atoms with van der Waals surface area (Å²) in [5, 5.41) is 0.